The molecular formula is C11H11N3O2S. The molecule has 0 aliphatic rings. The normalized spacial score (nSPS) is 10.2. The molecule has 2 aromatic rings. The van der Waals surface area contributed by atoms with Gasteiger partial charge in [-0.25, -0.2) is 4.98 Å². The molecule has 0 unspecified atom stereocenters. The molecule has 0 aliphatic heterocycles. The summed E-state index contributed by atoms with van der Waals surface area (Å²) in [5.41, 5.74) is 0.555. The maximum atomic E-state index is 11.0. The Hall–Kier alpha value is -1.95. The van der Waals surface area contributed by atoms with Gasteiger partial charge in [0.05, 0.1) is 18.5 Å². The summed E-state index contributed by atoms with van der Waals surface area (Å²) in [5, 5.41) is 0. The summed E-state index contributed by atoms with van der Waals surface area (Å²) in [6.07, 6.45) is 3.25. The van der Waals surface area contributed by atoms with Crippen LogP contribution in [0.5, 0.6) is 5.88 Å². The molecule has 2 aromatic heterocycles. The summed E-state index contributed by atoms with van der Waals surface area (Å²) >= 11 is 5.05. The second-order valence-electron chi connectivity index (χ2n) is 3.27. The van der Waals surface area contributed by atoms with Gasteiger partial charge >= 0.3 is 0 Å². The Bertz CT molecular complexity index is 616. The van der Waals surface area contributed by atoms with Gasteiger partial charge in [0.25, 0.3) is 5.56 Å². The molecule has 5 nitrogen and oxygen atoms in total. The minimum Gasteiger partial charge on any atom is -0.478 e. The van der Waals surface area contributed by atoms with Crippen LogP contribution in [0.4, 0.5) is 0 Å². The Morgan fingerprint density at radius 3 is 2.88 bits per heavy atom. The third-order valence-electron chi connectivity index (χ3n) is 2.12. The average Bonchev–Trinajstić information content (AvgIpc) is 2.31. The molecule has 0 spiro atoms. The molecule has 1 N–H and O–H groups in total. The number of rotatable bonds is 3. The minimum atomic E-state index is -0.217. The van der Waals surface area contributed by atoms with Gasteiger partial charge in [0.2, 0.25) is 5.88 Å². The van der Waals surface area contributed by atoms with Crippen LogP contribution in [0.25, 0.3) is 5.69 Å². The van der Waals surface area contributed by atoms with Crippen LogP contribution in [-0.4, -0.2) is 21.1 Å². The fourth-order valence-corrected chi connectivity index (χ4v) is 1.64. The van der Waals surface area contributed by atoms with Crippen LogP contribution in [0.15, 0.2) is 35.4 Å². The average molecular weight is 249 g/mol. The van der Waals surface area contributed by atoms with Crippen molar-refractivity contribution in [1.82, 2.24) is 14.5 Å². The Morgan fingerprint density at radius 1 is 1.47 bits per heavy atom. The van der Waals surface area contributed by atoms with Crippen molar-refractivity contribution in [2.45, 2.75) is 6.92 Å². The van der Waals surface area contributed by atoms with Crippen molar-refractivity contribution in [2.24, 2.45) is 0 Å². The zero-order valence-corrected chi connectivity index (χ0v) is 10.0. The van der Waals surface area contributed by atoms with E-state index >= 15 is 0 Å². The number of nitrogens with one attached hydrogen (secondary N) is 1. The first kappa shape index (κ1) is 11.5. The van der Waals surface area contributed by atoms with Crippen LogP contribution in [0.2, 0.25) is 0 Å². The van der Waals surface area contributed by atoms with Crippen LogP contribution in [0.3, 0.4) is 0 Å². The Kier molecular flexibility index (Phi) is 3.34. The van der Waals surface area contributed by atoms with Crippen molar-refractivity contribution in [3.8, 4) is 11.6 Å². The Morgan fingerprint density at radius 2 is 2.29 bits per heavy atom. The summed E-state index contributed by atoms with van der Waals surface area (Å²) in [6.45, 7) is 2.47. The molecule has 17 heavy (non-hydrogen) atoms. The minimum absolute atomic E-state index is 0.217. The lowest BCUT2D eigenvalue weighted by atomic mass is 10.4. The fraction of sp³-hybridized carbons (Fsp3) is 0.182. The number of pyridine rings is 1. The number of ether oxygens (including phenoxy) is 1. The third kappa shape index (κ3) is 2.59. The molecule has 0 amide bonds. The van der Waals surface area contributed by atoms with Crippen molar-refractivity contribution in [2.75, 3.05) is 6.61 Å². The Balaban J connectivity index is 2.40. The standard InChI is InChI=1S/C11H11N3O2S/c1-2-16-10-4-3-8(7-12-10)14-6-5-9(15)13-11(14)17/h3-7H,2H2,1H3,(H,13,15,17). The number of nitrogens with zero attached hydrogens (tertiary/aromatic N) is 2. The highest BCUT2D eigenvalue weighted by molar-refractivity contribution is 7.71. The lowest BCUT2D eigenvalue weighted by Crippen LogP contribution is -2.10. The van der Waals surface area contributed by atoms with E-state index in [0.717, 1.165) is 5.69 Å². The second-order valence-corrected chi connectivity index (χ2v) is 3.65. The van der Waals surface area contributed by atoms with E-state index in [4.69, 9.17) is 17.0 Å². The summed E-state index contributed by atoms with van der Waals surface area (Å²) in [7, 11) is 0. The van der Waals surface area contributed by atoms with E-state index in [-0.39, 0.29) is 5.56 Å². The first-order chi connectivity index (χ1) is 8.20. The van der Waals surface area contributed by atoms with Gasteiger partial charge < -0.3 is 4.74 Å². The lowest BCUT2D eigenvalue weighted by molar-refractivity contribution is 0.327. The highest BCUT2D eigenvalue weighted by Gasteiger charge is 1.99. The molecule has 2 rings (SSSR count). The van der Waals surface area contributed by atoms with E-state index in [2.05, 4.69) is 9.97 Å². The topological polar surface area (TPSA) is 59.9 Å². The highest BCUT2D eigenvalue weighted by Crippen LogP contribution is 2.10. The molecular weight excluding hydrogens is 238 g/mol. The van der Waals surface area contributed by atoms with Crippen LogP contribution in [-0.2, 0) is 0 Å². The quantitative estimate of drug-likeness (QED) is 0.841. The van der Waals surface area contributed by atoms with Crippen molar-refractivity contribution in [1.29, 1.82) is 0 Å². The predicted molar refractivity (Wildman–Crippen MR) is 66.2 cm³/mol. The number of aromatic nitrogens is 3. The van der Waals surface area contributed by atoms with Crippen LogP contribution in [0, 0.1) is 4.77 Å². The molecule has 0 radical (unpaired) electrons. The zero-order chi connectivity index (χ0) is 12.3. The number of H-pyrrole nitrogens is 1. The number of hydrogen-bond acceptors (Lipinski definition) is 4. The molecule has 0 aromatic carbocycles. The number of hydrogen-bond donors (Lipinski definition) is 1. The van der Waals surface area contributed by atoms with Gasteiger partial charge in [0, 0.05) is 18.3 Å². The van der Waals surface area contributed by atoms with E-state index < -0.39 is 0 Å². The molecule has 0 bridgehead atoms. The van der Waals surface area contributed by atoms with Crippen LogP contribution >= 0.6 is 12.2 Å². The van der Waals surface area contributed by atoms with Crippen molar-refractivity contribution < 1.29 is 4.74 Å². The van der Waals surface area contributed by atoms with E-state index in [1.807, 2.05) is 13.0 Å². The third-order valence-corrected chi connectivity index (χ3v) is 2.41. The van der Waals surface area contributed by atoms with Gasteiger partial charge in [0.15, 0.2) is 4.77 Å². The molecule has 0 fully saturated rings. The van der Waals surface area contributed by atoms with Crippen LogP contribution in [0.1, 0.15) is 6.92 Å². The van der Waals surface area contributed by atoms with Crippen molar-refractivity contribution >= 4 is 12.2 Å². The zero-order valence-electron chi connectivity index (χ0n) is 9.21. The molecule has 0 saturated heterocycles. The largest absolute Gasteiger partial charge is 0.478 e. The second kappa shape index (κ2) is 4.92. The van der Waals surface area contributed by atoms with Crippen LogP contribution < -0.4 is 10.3 Å². The van der Waals surface area contributed by atoms with Gasteiger partial charge in [-0.3, -0.25) is 14.3 Å². The first-order valence-electron chi connectivity index (χ1n) is 5.12. The van der Waals surface area contributed by atoms with Crippen molar-refractivity contribution in [3.05, 3.63) is 45.7 Å². The fourth-order valence-electron chi connectivity index (χ4n) is 1.37. The molecule has 0 saturated carbocycles. The smallest absolute Gasteiger partial charge is 0.251 e. The molecule has 6 heteroatoms. The predicted octanol–water partition coefficient (Wildman–Crippen LogP) is 1.69. The monoisotopic (exact) mass is 249 g/mol. The van der Waals surface area contributed by atoms with E-state index in [0.29, 0.717) is 17.3 Å². The highest BCUT2D eigenvalue weighted by atomic mass is 32.1. The summed E-state index contributed by atoms with van der Waals surface area (Å²) in [6, 6.07) is 4.99. The maximum absolute atomic E-state index is 11.0. The molecule has 0 atom stereocenters. The summed E-state index contributed by atoms with van der Waals surface area (Å²) in [5.74, 6) is 0.562. The Labute approximate surface area is 103 Å². The summed E-state index contributed by atoms with van der Waals surface area (Å²) in [4.78, 5) is 17.7. The maximum Gasteiger partial charge on any atom is 0.251 e. The summed E-state index contributed by atoms with van der Waals surface area (Å²) < 4.78 is 7.24. The van der Waals surface area contributed by atoms with Gasteiger partial charge in [-0.2, -0.15) is 0 Å². The lowest BCUT2D eigenvalue weighted by Gasteiger charge is -2.06. The van der Waals surface area contributed by atoms with Gasteiger partial charge in [0.1, 0.15) is 0 Å². The van der Waals surface area contributed by atoms with Gasteiger partial charge in [-0.15, -0.1) is 0 Å². The molecule has 88 valence electrons. The van der Waals surface area contributed by atoms with Gasteiger partial charge in [-0.1, -0.05) is 0 Å². The SMILES string of the molecule is CCOc1ccc(-n2ccc(=O)[nH]c2=S)cn1. The van der Waals surface area contributed by atoms with Gasteiger partial charge in [-0.05, 0) is 25.2 Å². The van der Waals surface area contributed by atoms with Crippen molar-refractivity contribution in [3.63, 3.8) is 0 Å². The number of aromatic amines is 1. The molecule has 0 aliphatic carbocycles. The molecule has 2 heterocycles. The van der Waals surface area contributed by atoms with E-state index in [9.17, 15) is 4.79 Å². The van der Waals surface area contributed by atoms with E-state index in [1.54, 1.807) is 23.0 Å². The van der Waals surface area contributed by atoms with E-state index in [1.165, 1.54) is 6.07 Å². The first-order valence-corrected chi connectivity index (χ1v) is 5.52.